The zero-order valence-corrected chi connectivity index (χ0v) is 11.3. The van der Waals surface area contributed by atoms with Crippen molar-refractivity contribution in [2.45, 2.75) is 26.4 Å². The number of rotatable bonds is 6. The van der Waals surface area contributed by atoms with Crippen molar-refractivity contribution in [2.24, 2.45) is 5.92 Å². The average molecular weight is 260 g/mol. The molecule has 0 radical (unpaired) electrons. The van der Waals surface area contributed by atoms with Gasteiger partial charge in [-0.25, -0.2) is 0 Å². The normalized spacial score (nSPS) is 11.7. The monoisotopic (exact) mass is 260 g/mol. The smallest absolute Gasteiger partial charge is 0.244 e. The molecule has 1 atom stereocenters. The van der Waals surface area contributed by atoms with Crippen molar-refractivity contribution >= 4 is 11.8 Å². The lowest BCUT2D eigenvalue weighted by molar-refractivity contribution is -0.128. The van der Waals surface area contributed by atoms with Crippen molar-refractivity contribution in [2.75, 3.05) is 0 Å². The maximum atomic E-state index is 12.0. The van der Waals surface area contributed by atoms with Gasteiger partial charge < -0.3 is 10.6 Å². The van der Waals surface area contributed by atoms with Crippen LogP contribution >= 0.6 is 0 Å². The zero-order chi connectivity index (χ0) is 14.3. The second-order valence-electron chi connectivity index (χ2n) is 4.64. The largest absolute Gasteiger partial charge is 0.350 e. The molecule has 19 heavy (non-hydrogen) atoms. The van der Waals surface area contributed by atoms with Gasteiger partial charge in [0.1, 0.15) is 6.04 Å². The molecule has 102 valence electrons. The maximum absolute atomic E-state index is 12.0. The van der Waals surface area contributed by atoms with Crippen molar-refractivity contribution in [3.05, 3.63) is 48.6 Å². The van der Waals surface area contributed by atoms with Crippen molar-refractivity contribution in [3.63, 3.8) is 0 Å². The molecule has 2 amide bonds. The van der Waals surface area contributed by atoms with E-state index in [9.17, 15) is 9.59 Å². The fourth-order valence-electron chi connectivity index (χ4n) is 1.64. The molecule has 2 N–H and O–H groups in total. The standard InChI is InChI=1S/C15H20N2O2/c1-4-13(18)17-14(11(2)3)15(19)16-10-12-8-6-5-7-9-12/h4-9,11,14H,1,10H2,2-3H3,(H,16,19)(H,17,18)/t14-/m0/s1. The lowest BCUT2D eigenvalue weighted by Crippen LogP contribution is -2.49. The molecule has 0 saturated carbocycles. The van der Waals surface area contributed by atoms with Crippen molar-refractivity contribution < 1.29 is 9.59 Å². The first-order valence-corrected chi connectivity index (χ1v) is 6.29. The van der Waals surface area contributed by atoms with Crippen LogP contribution in [-0.2, 0) is 16.1 Å². The number of hydrogen-bond donors (Lipinski definition) is 2. The molecule has 0 unspecified atom stereocenters. The van der Waals surface area contributed by atoms with Crippen LogP contribution in [0.25, 0.3) is 0 Å². The number of carbonyl (C=O) groups is 2. The summed E-state index contributed by atoms with van der Waals surface area (Å²) in [6.45, 7) is 7.60. The average Bonchev–Trinajstić information content (AvgIpc) is 2.42. The van der Waals surface area contributed by atoms with Gasteiger partial charge in [-0.05, 0) is 17.6 Å². The fourth-order valence-corrected chi connectivity index (χ4v) is 1.64. The summed E-state index contributed by atoms with van der Waals surface area (Å²) in [5.74, 6) is -0.512. The first-order chi connectivity index (χ1) is 9.04. The van der Waals surface area contributed by atoms with Gasteiger partial charge in [0, 0.05) is 6.54 Å². The van der Waals surface area contributed by atoms with E-state index in [1.165, 1.54) is 6.08 Å². The van der Waals surface area contributed by atoms with Crippen LogP contribution in [0.15, 0.2) is 43.0 Å². The van der Waals surface area contributed by atoms with Gasteiger partial charge in [0.05, 0.1) is 0 Å². The highest BCUT2D eigenvalue weighted by Crippen LogP contribution is 2.03. The number of carbonyl (C=O) groups excluding carboxylic acids is 2. The third-order valence-electron chi connectivity index (χ3n) is 2.74. The molecule has 0 bridgehead atoms. The molecule has 4 nitrogen and oxygen atoms in total. The van der Waals surface area contributed by atoms with Gasteiger partial charge in [-0.3, -0.25) is 9.59 Å². The lowest BCUT2D eigenvalue weighted by atomic mass is 10.0. The first-order valence-electron chi connectivity index (χ1n) is 6.29. The van der Waals surface area contributed by atoms with Gasteiger partial charge in [-0.2, -0.15) is 0 Å². The van der Waals surface area contributed by atoms with Gasteiger partial charge in [0.15, 0.2) is 0 Å². The van der Waals surface area contributed by atoms with Gasteiger partial charge >= 0.3 is 0 Å². The van der Waals surface area contributed by atoms with E-state index in [4.69, 9.17) is 0 Å². The molecule has 0 aliphatic heterocycles. The molecule has 1 aromatic carbocycles. The SMILES string of the molecule is C=CC(=O)N[C@H](C(=O)NCc1ccccc1)C(C)C. The zero-order valence-electron chi connectivity index (χ0n) is 11.3. The predicted molar refractivity (Wildman–Crippen MR) is 75.3 cm³/mol. The quantitative estimate of drug-likeness (QED) is 0.764. The van der Waals surface area contributed by atoms with Crippen LogP contribution in [0.3, 0.4) is 0 Å². The maximum Gasteiger partial charge on any atom is 0.244 e. The van der Waals surface area contributed by atoms with E-state index in [0.717, 1.165) is 5.56 Å². The highest BCUT2D eigenvalue weighted by Gasteiger charge is 2.22. The predicted octanol–water partition coefficient (Wildman–Crippen LogP) is 1.63. The molecule has 1 rings (SSSR count). The number of amides is 2. The van der Waals surface area contributed by atoms with Crippen LogP contribution in [0.2, 0.25) is 0 Å². The van der Waals surface area contributed by atoms with Crippen molar-refractivity contribution in [1.82, 2.24) is 10.6 Å². The summed E-state index contributed by atoms with van der Waals surface area (Å²) in [6, 6.07) is 9.09. The number of benzene rings is 1. The van der Waals surface area contributed by atoms with E-state index in [1.54, 1.807) is 0 Å². The minimum absolute atomic E-state index is 0.0136. The van der Waals surface area contributed by atoms with E-state index in [-0.39, 0.29) is 17.7 Å². The second kappa shape index (κ2) is 7.36. The first kappa shape index (κ1) is 15.0. The fraction of sp³-hybridized carbons (Fsp3) is 0.333. The molecule has 0 aliphatic rings. The Balaban J connectivity index is 2.57. The summed E-state index contributed by atoms with van der Waals surface area (Å²) < 4.78 is 0. The molecular formula is C15H20N2O2. The third-order valence-corrected chi connectivity index (χ3v) is 2.74. The Morgan fingerprint density at radius 3 is 2.42 bits per heavy atom. The number of hydrogen-bond acceptors (Lipinski definition) is 2. The van der Waals surface area contributed by atoms with Crippen LogP contribution in [0.1, 0.15) is 19.4 Å². The van der Waals surface area contributed by atoms with E-state index >= 15 is 0 Å². The summed E-state index contributed by atoms with van der Waals surface area (Å²) in [4.78, 5) is 23.3. The molecule has 0 heterocycles. The highest BCUT2D eigenvalue weighted by atomic mass is 16.2. The Kier molecular flexibility index (Phi) is 5.79. The van der Waals surface area contributed by atoms with Crippen LogP contribution < -0.4 is 10.6 Å². The summed E-state index contributed by atoms with van der Waals surface area (Å²) >= 11 is 0. The highest BCUT2D eigenvalue weighted by molar-refractivity contribution is 5.92. The van der Waals surface area contributed by atoms with E-state index in [0.29, 0.717) is 6.54 Å². The van der Waals surface area contributed by atoms with Gasteiger partial charge in [-0.1, -0.05) is 50.8 Å². The molecule has 0 fully saturated rings. The summed E-state index contributed by atoms with van der Waals surface area (Å²) in [7, 11) is 0. The van der Waals surface area contributed by atoms with E-state index < -0.39 is 6.04 Å². The minimum atomic E-state index is -0.547. The van der Waals surface area contributed by atoms with E-state index in [2.05, 4.69) is 17.2 Å². The Bertz CT molecular complexity index is 441. The molecule has 0 saturated heterocycles. The van der Waals surface area contributed by atoms with Gasteiger partial charge in [-0.15, -0.1) is 0 Å². The van der Waals surface area contributed by atoms with Gasteiger partial charge in [0.2, 0.25) is 11.8 Å². The Hall–Kier alpha value is -2.10. The Labute approximate surface area is 113 Å². The molecule has 0 aliphatic carbocycles. The molecule has 4 heteroatoms. The third kappa shape index (κ3) is 4.95. The second-order valence-corrected chi connectivity index (χ2v) is 4.64. The topological polar surface area (TPSA) is 58.2 Å². The minimum Gasteiger partial charge on any atom is -0.350 e. The van der Waals surface area contributed by atoms with Crippen molar-refractivity contribution in [1.29, 1.82) is 0 Å². The van der Waals surface area contributed by atoms with Crippen molar-refractivity contribution in [3.8, 4) is 0 Å². The molecule has 0 aromatic heterocycles. The van der Waals surface area contributed by atoms with Crippen LogP contribution in [-0.4, -0.2) is 17.9 Å². The summed E-state index contributed by atoms with van der Waals surface area (Å²) in [5.41, 5.74) is 1.02. The number of nitrogens with one attached hydrogen (secondary N) is 2. The van der Waals surface area contributed by atoms with Crippen LogP contribution in [0.4, 0.5) is 0 Å². The van der Waals surface area contributed by atoms with E-state index in [1.807, 2.05) is 44.2 Å². The Morgan fingerprint density at radius 1 is 1.26 bits per heavy atom. The van der Waals surface area contributed by atoms with Gasteiger partial charge in [0.25, 0.3) is 0 Å². The molecule has 1 aromatic rings. The summed E-state index contributed by atoms with van der Waals surface area (Å²) in [5, 5.41) is 5.46. The molecule has 0 spiro atoms. The summed E-state index contributed by atoms with van der Waals surface area (Å²) in [6.07, 6.45) is 1.17. The van der Waals surface area contributed by atoms with Crippen LogP contribution in [0.5, 0.6) is 0 Å². The molecular weight excluding hydrogens is 240 g/mol. The lowest BCUT2D eigenvalue weighted by Gasteiger charge is -2.21. The Morgan fingerprint density at radius 2 is 1.89 bits per heavy atom. The van der Waals surface area contributed by atoms with Crippen LogP contribution in [0, 0.1) is 5.92 Å².